The van der Waals surface area contributed by atoms with Crippen LogP contribution in [0, 0.1) is 0 Å². The molecule has 2 fully saturated rings. The van der Waals surface area contributed by atoms with E-state index in [1.54, 1.807) is 0 Å². The first-order valence-corrected chi connectivity index (χ1v) is 7.81. The summed E-state index contributed by atoms with van der Waals surface area (Å²) >= 11 is 3.39. The van der Waals surface area contributed by atoms with Crippen LogP contribution in [0.2, 0.25) is 0 Å². The predicted molar refractivity (Wildman–Crippen MR) is 79.2 cm³/mol. The number of nitrogens with zero attached hydrogens (tertiary/aromatic N) is 2. The lowest BCUT2D eigenvalue weighted by Gasteiger charge is -2.21. The van der Waals surface area contributed by atoms with Crippen molar-refractivity contribution in [1.29, 1.82) is 0 Å². The molecule has 1 aromatic rings. The van der Waals surface area contributed by atoms with Gasteiger partial charge in [-0.25, -0.2) is 4.79 Å². The molecule has 2 aliphatic rings. The van der Waals surface area contributed by atoms with Crippen molar-refractivity contribution in [2.24, 2.45) is 0 Å². The smallest absolute Gasteiger partial charge is 0.263 e. The van der Waals surface area contributed by atoms with E-state index >= 15 is 0 Å². The first-order chi connectivity index (χ1) is 10.1. The maximum Gasteiger partial charge on any atom is 0.334 e. The van der Waals surface area contributed by atoms with Gasteiger partial charge in [0, 0.05) is 10.5 Å². The zero-order valence-electron chi connectivity index (χ0n) is 11.4. The third kappa shape index (κ3) is 2.48. The molecule has 1 heterocycles. The van der Waals surface area contributed by atoms with Gasteiger partial charge in [-0.1, -0.05) is 47.0 Å². The summed E-state index contributed by atoms with van der Waals surface area (Å²) in [5, 5.41) is 0. The van der Waals surface area contributed by atoms with Crippen LogP contribution in [0.15, 0.2) is 28.7 Å². The zero-order valence-corrected chi connectivity index (χ0v) is 13.0. The molecular weight excluding hydrogens is 336 g/mol. The molecule has 1 saturated heterocycles. The summed E-state index contributed by atoms with van der Waals surface area (Å²) < 4.78 is 0.817. The lowest BCUT2D eigenvalue weighted by atomic mass is 10.2. The lowest BCUT2D eigenvalue weighted by molar-refractivity contribution is -0.144. The third-order valence-electron chi connectivity index (χ3n) is 4.06. The number of hydrogen-bond acceptors (Lipinski definition) is 3. The van der Waals surface area contributed by atoms with Gasteiger partial charge < -0.3 is 0 Å². The average molecular weight is 351 g/mol. The van der Waals surface area contributed by atoms with E-state index < -0.39 is 17.8 Å². The van der Waals surface area contributed by atoms with Gasteiger partial charge in [0.25, 0.3) is 0 Å². The summed E-state index contributed by atoms with van der Waals surface area (Å²) in [6, 6.07) is 6.77. The lowest BCUT2D eigenvalue weighted by Crippen LogP contribution is -2.39. The average Bonchev–Trinajstić information content (AvgIpc) is 3.05. The van der Waals surface area contributed by atoms with Gasteiger partial charge in [-0.05, 0) is 24.5 Å². The van der Waals surface area contributed by atoms with Crippen molar-refractivity contribution >= 4 is 33.8 Å². The Hall–Kier alpha value is -1.69. The number of hydrogen-bond donors (Lipinski definition) is 0. The number of amides is 4. The second-order valence-corrected chi connectivity index (χ2v) is 6.23. The van der Waals surface area contributed by atoms with Crippen molar-refractivity contribution in [2.75, 3.05) is 0 Å². The topological polar surface area (TPSA) is 57.7 Å². The van der Waals surface area contributed by atoms with E-state index in [9.17, 15) is 14.4 Å². The fraction of sp³-hybridized carbons (Fsp3) is 0.400. The first-order valence-electron chi connectivity index (χ1n) is 7.02. The van der Waals surface area contributed by atoms with Crippen molar-refractivity contribution in [1.82, 2.24) is 9.80 Å². The molecule has 0 unspecified atom stereocenters. The summed E-state index contributed by atoms with van der Waals surface area (Å²) in [6.07, 6.45) is 3.60. The highest BCUT2D eigenvalue weighted by Crippen LogP contribution is 2.29. The molecule has 0 atom stereocenters. The number of imide groups is 2. The molecule has 6 heteroatoms. The van der Waals surface area contributed by atoms with Gasteiger partial charge in [0.15, 0.2) is 0 Å². The van der Waals surface area contributed by atoms with Crippen LogP contribution in [0.5, 0.6) is 0 Å². The maximum atomic E-state index is 12.4. The summed E-state index contributed by atoms with van der Waals surface area (Å²) in [7, 11) is 0. The maximum absolute atomic E-state index is 12.4. The van der Waals surface area contributed by atoms with Crippen LogP contribution >= 0.6 is 15.9 Å². The van der Waals surface area contributed by atoms with Crippen LogP contribution < -0.4 is 0 Å². The molecule has 0 aromatic heterocycles. The molecule has 1 aliphatic heterocycles. The molecule has 4 amide bonds. The number of carbonyl (C=O) groups is 3. The Balaban J connectivity index is 1.83. The summed E-state index contributed by atoms with van der Waals surface area (Å²) in [4.78, 5) is 38.8. The molecular formula is C15H15BrN2O3. The SMILES string of the molecule is O=C1C(=O)N(C2CCCC2)C(=O)N1Cc1ccccc1Br. The minimum absolute atomic E-state index is 0.113. The Labute approximate surface area is 131 Å². The molecule has 5 nitrogen and oxygen atoms in total. The van der Waals surface area contributed by atoms with Gasteiger partial charge in [-0.3, -0.25) is 19.4 Å². The number of benzene rings is 1. The molecule has 21 heavy (non-hydrogen) atoms. The fourth-order valence-electron chi connectivity index (χ4n) is 2.94. The third-order valence-corrected chi connectivity index (χ3v) is 4.83. The van der Waals surface area contributed by atoms with Crippen molar-refractivity contribution in [3.8, 4) is 0 Å². The van der Waals surface area contributed by atoms with Crippen LogP contribution in [-0.4, -0.2) is 33.7 Å². The van der Waals surface area contributed by atoms with Gasteiger partial charge in [0.1, 0.15) is 0 Å². The van der Waals surface area contributed by atoms with E-state index in [1.807, 2.05) is 24.3 Å². The second kappa shape index (κ2) is 5.60. The van der Waals surface area contributed by atoms with Crippen LogP contribution in [0.25, 0.3) is 0 Å². The van der Waals surface area contributed by atoms with Crippen LogP contribution in [0.4, 0.5) is 4.79 Å². The molecule has 1 saturated carbocycles. The largest absolute Gasteiger partial charge is 0.334 e. The van der Waals surface area contributed by atoms with Crippen molar-refractivity contribution in [3.63, 3.8) is 0 Å². The zero-order chi connectivity index (χ0) is 15.0. The Morgan fingerprint density at radius 3 is 2.38 bits per heavy atom. The molecule has 0 N–H and O–H groups in total. The minimum atomic E-state index is -0.720. The monoisotopic (exact) mass is 350 g/mol. The van der Waals surface area contributed by atoms with Crippen LogP contribution in [-0.2, 0) is 16.1 Å². The highest BCUT2D eigenvalue weighted by molar-refractivity contribution is 9.10. The Morgan fingerprint density at radius 2 is 1.71 bits per heavy atom. The van der Waals surface area contributed by atoms with Crippen molar-refractivity contribution < 1.29 is 14.4 Å². The Morgan fingerprint density at radius 1 is 1.05 bits per heavy atom. The van der Waals surface area contributed by atoms with E-state index in [2.05, 4.69) is 15.9 Å². The number of rotatable bonds is 3. The van der Waals surface area contributed by atoms with E-state index in [-0.39, 0.29) is 12.6 Å². The standard InChI is InChI=1S/C15H15BrN2O3/c16-12-8-4-1-5-10(12)9-17-13(19)14(20)18(15(17)21)11-6-2-3-7-11/h1,4-5,8,11H,2-3,6-7,9H2. The highest BCUT2D eigenvalue weighted by Gasteiger charge is 2.47. The van der Waals surface area contributed by atoms with E-state index in [4.69, 9.17) is 0 Å². The second-order valence-electron chi connectivity index (χ2n) is 5.38. The molecule has 0 spiro atoms. The van der Waals surface area contributed by atoms with Gasteiger partial charge >= 0.3 is 17.8 Å². The number of halogens is 1. The molecule has 1 aromatic carbocycles. The first kappa shape index (κ1) is 14.3. The predicted octanol–water partition coefficient (Wildman–Crippen LogP) is 2.68. The normalized spacial score (nSPS) is 20.0. The van der Waals surface area contributed by atoms with Crippen LogP contribution in [0.1, 0.15) is 31.2 Å². The van der Waals surface area contributed by atoms with E-state index in [1.165, 1.54) is 0 Å². The van der Waals surface area contributed by atoms with Gasteiger partial charge in [-0.15, -0.1) is 0 Å². The van der Waals surface area contributed by atoms with Gasteiger partial charge in [-0.2, -0.15) is 0 Å². The van der Waals surface area contributed by atoms with Gasteiger partial charge in [0.05, 0.1) is 6.54 Å². The van der Waals surface area contributed by atoms with Crippen molar-refractivity contribution in [2.45, 2.75) is 38.3 Å². The van der Waals surface area contributed by atoms with E-state index in [0.717, 1.165) is 45.5 Å². The summed E-state index contributed by atoms with van der Waals surface area (Å²) in [6.45, 7) is 0.119. The molecule has 0 radical (unpaired) electrons. The van der Waals surface area contributed by atoms with E-state index in [0.29, 0.717) is 0 Å². The Bertz CT molecular complexity index is 611. The van der Waals surface area contributed by atoms with Crippen LogP contribution in [0.3, 0.4) is 0 Å². The molecule has 3 rings (SSSR count). The molecule has 0 bridgehead atoms. The quantitative estimate of drug-likeness (QED) is 0.622. The van der Waals surface area contributed by atoms with Crippen molar-refractivity contribution in [3.05, 3.63) is 34.3 Å². The van der Waals surface area contributed by atoms with Gasteiger partial charge in [0.2, 0.25) is 0 Å². The molecule has 1 aliphatic carbocycles. The number of carbonyl (C=O) groups excluding carboxylic acids is 3. The Kier molecular flexibility index (Phi) is 3.80. The minimum Gasteiger partial charge on any atom is -0.263 e. The summed E-state index contributed by atoms with van der Waals surface area (Å²) in [5.74, 6) is -1.40. The highest BCUT2D eigenvalue weighted by atomic mass is 79.9. The fourth-order valence-corrected chi connectivity index (χ4v) is 3.35. The molecule has 110 valence electrons. The number of urea groups is 1. The summed E-state index contributed by atoms with van der Waals surface area (Å²) in [5.41, 5.74) is 0.806.